The zero-order chi connectivity index (χ0) is 25.1. The van der Waals surface area contributed by atoms with Gasteiger partial charge in [0.2, 0.25) is 5.91 Å². The molecule has 0 aliphatic carbocycles. The number of carboxylic acids is 1. The fraction of sp³-hybridized carbons (Fsp3) is 0.346. The van der Waals surface area contributed by atoms with Crippen LogP contribution in [0.3, 0.4) is 0 Å². The number of carbonyl (C=O) groups excluding carboxylic acids is 2. The van der Waals surface area contributed by atoms with Gasteiger partial charge in [-0.3, -0.25) is 14.4 Å². The SMILES string of the molecule is Cc1cc(F)cc2c(=O)[nH]c(CCCC(=O)N3CCC(C(=O)c4cccc(C(=O)O)c4)CC3)nc12. The molecule has 3 aromatic rings. The van der Waals surface area contributed by atoms with Crippen molar-refractivity contribution in [2.24, 2.45) is 5.92 Å². The van der Waals surface area contributed by atoms with Crippen LogP contribution in [0.5, 0.6) is 0 Å². The van der Waals surface area contributed by atoms with Crippen LogP contribution in [-0.4, -0.2) is 50.7 Å². The number of aromatic nitrogens is 2. The van der Waals surface area contributed by atoms with E-state index in [4.69, 9.17) is 5.11 Å². The standard InChI is InChI=1S/C26H26FN3O5/c1-15-12-19(27)14-20-23(15)28-21(29-25(20)33)6-3-7-22(31)30-10-8-16(9-11-30)24(32)17-4-2-5-18(13-17)26(34)35/h2,4-5,12-14,16H,3,6-11H2,1H3,(H,34,35)(H,28,29,33). The third-order valence-electron chi connectivity index (χ3n) is 6.43. The number of likely N-dealkylation sites (tertiary alicyclic amines) is 1. The van der Waals surface area contributed by atoms with E-state index >= 15 is 0 Å². The van der Waals surface area contributed by atoms with Crippen molar-refractivity contribution in [2.75, 3.05) is 13.1 Å². The number of nitrogens with one attached hydrogen (secondary N) is 1. The summed E-state index contributed by atoms with van der Waals surface area (Å²) in [4.78, 5) is 57.8. The molecule has 1 amide bonds. The molecule has 9 heteroatoms. The van der Waals surface area contributed by atoms with Crippen molar-refractivity contribution >= 4 is 28.6 Å². The molecule has 0 atom stereocenters. The van der Waals surface area contributed by atoms with Crippen molar-refractivity contribution in [3.05, 3.63) is 75.1 Å². The predicted octanol–water partition coefficient (Wildman–Crippen LogP) is 3.51. The average molecular weight is 480 g/mol. The lowest BCUT2D eigenvalue weighted by Gasteiger charge is -2.31. The molecule has 35 heavy (non-hydrogen) atoms. The summed E-state index contributed by atoms with van der Waals surface area (Å²) in [5, 5.41) is 9.34. The Balaban J connectivity index is 1.30. The van der Waals surface area contributed by atoms with Gasteiger partial charge >= 0.3 is 5.97 Å². The van der Waals surface area contributed by atoms with E-state index in [0.29, 0.717) is 61.2 Å². The number of aromatic amines is 1. The Morgan fingerprint density at radius 3 is 2.57 bits per heavy atom. The normalized spacial score (nSPS) is 14.3. The summed E-state index contributed by atoms with van der Waals surface area (Å²) in [5.41, 5.74) is 1.09. The summed E-state index contributed by atoms with van der Waals surface area (Å²) in [7, 11) is 0. The van der Waals surface area contributed by atoms with Crippen LogP contribution in [0, 0.1) is 18.7 Å². The number of piperidine rings is 1. The molecule has 1 aliphatic rings. The van der Waals surface area contributed by atoms with E-state index in [9.17, 15) is 23.6 Å². The topological polar surface area (TPSA) is 120 Å². The molecule has 0 spiro atoms. The Bertz CT molecular complexity index is 1360. The lowest BCUT2D eigenvalue weighted by molar-refractivity contribution is -0.132. The van der Waals surface area contributed by atoms with E-state index in [1.165, 1.54) is 24.3 Å². The van der Waals surface area contributed by atoms with Crippen LogP contribution in [0.1, 0.15) is 57.8 Å². The highest BCUT2D eigenvalue weighted by Crippen LogP contribution is 2.23. The first-order valence-electron chi connectivity index (χ1n) is 11.6. The number of halogens is 1. The molecule has 0 saturated carbocycles. The summed E-state index contributed by atoms with van der Waals surface area (Å²) < 4.78 is 13.6. The Labute approximate surface area is 200 Å². The maximum atomic E-state index is 13.6. The fourth-order valence-electron chi connectivity index (χ4n) is 4.53. The van der Waals surface area contributed by atoms with Gasteiger partial charge in [-0.05, 0) is 56.0 Å². The molecule has 2 aromatic carbocycles. The number of amides is 1. The van der Waals surface area contributed by atoms with Crippen LogP contribution in [-0.2, 0) is 11.2 Å². The molecule has 1 fully saturated rings. The maximum Gasteiger partial charge on any atom is 0.335 e. The predicted molar refractivity (Wildman–Crippen MR) is 127 cm³/mol. The van der Waals surface area contributed by atoms with Gasteiger partial charge in [-0.15, -0.1) is 0 Å². The van der Waals surface area contributed by atoms with Gasteiger partial charge in [0.05, 0.1) is 16.5 Å². The first kappa shape index (κ1) is 24.3. The summed E-state index contributed by atoms with van der Waals surface area (Å²) in [6.45, 7) is 2.62. The molecule has 2 heterocycles. The van der Waals surface area contributed by atoms with E-state index in [1.807, 2.05) is 0 Å². The summed E-state index contributed by atoms with van der Waals surface area (Å²) in [6.07, 6.45) is 2.23. The average Bonchev–Trinajstić information content (AvgIpc) is 2.84. The van der Waals surface area contributed by atoms with Gasteiger partial charge in [0.15, 0.2) is 5.78 Å². The lowest BCUT2D eigenvalue weighted by Crippen LogP contribution is -2.40. The molecule has 4 rings (SSSR count). The first-order valence-corrected chi connectivity index (χ1v) is 11.6. The summed E-state index contributed by atoms with van der Waals surface area (Å²) in [5.74, 6) is -1.47. The third kappa shape index (κ3) is 5.45. The number of rotatable bonds is 7. The second-order valence-corrected chi connectivity index (χ2v) is 8.89. The number of Topliss-reactive ketones (excluding diaryl/α,β-unsaturated/α-hetero) is 1. The molecule has 1 saturated heterocycles. The highest BCUT2D eigenvalue weighted by Gasteiger charge is 2.28. The van der Waals surface area contributed by atoms with Crippen molar-refractivity contribution in [1.82, 2.24) is 14.9 Å². The molecule has 1 aliphatic heterocycles. The van der Waals surface area contributed by atoms with E-state index in [1.54, 1.807) is 24.0 Å². The number of benzene rings is 2. The Kier molecular flexibility index (Phi) is 7.04. The smallest absolute Gasteiger partial charge is 0.335 e. The van der Waals surface area contributed by atoms with Crippen LogP contribution in [0.15, 0.2) is 41.2 Å². The van der Waals surface area contributed by atoms with Gasteiger partial charge in [0.1, 0.15) is 11.6 Å². The minimum absolute atomic E-state index is 0.0230. The quantitative estimate of drug-likeness (QED) is 0.501. The molecule has 8 nitrogen and oxygen atoms in total. The Hall–Kier alpha value is -3.88. The lowest BCUT2D eigenvalue weighted by atomic mass is 9.88. The van der Waals surface area contributed by atoms with Crippen LogP contribution in [0.25, 0.3) is 10.9 Å². The summed E-state index contributed by atoms with van der Waals surface area (Å²) >= 11 is 0. The number of ketones is 1. The van der Waals surface area contributed by atoms with Crippen molar-refractivity contribution in [1.29, 1.82) is 0 Å². The van der Waals surface area contributed by atoms with Gasteiger partial charge in [0, 0.05) is 37.4 Å². The van der Waals surface area contributed by atoms with Crippen molar-refractivity contribution in [3.63, 3.8) is 0 Å². The largest absolute Gasteiger partial charge is 0.478 e. The molecular formula is C26H26FN3O5. The van der Waals surface area contributed by atoms with Crippen LogP contribution < -0.4 is 5.56 Å². The van der Waals surface area contributed by atoms with E-state index < -0.39 is 17.3 Å². The molecule has 182 valence electrons. The number of aryl methyl sites for hydroxylation is 2. The second-order valence-electron chi connectivity index (χ2n) is 8.89. The minimum atomic E-state index is -1.08. The maximum absolute atomic E-state index is 13.6. The third-order valence-corrected chi connectivity index (χ3v) is 6.43. The van der Waals surface area contributed by atoms with Gasteiger partial charge in [-0.25, -0.2) is 14.2 Å². The second kappa shape index (κ2) is 10.2. The monoisotopic (exact) mass is 479 g/mol. The number of nitrogens with zero attached hydrogens (tertiary/aromatic N) is 2. The molecule has 0 bridgehead atoms. The number of aromatic carboxylic acids is 1. The molecule has 0 unspecified atom stereocenters. The number of fused-ring (bicyclic) bond motifs is 1. The highest BCUT2D eigenvalue weighted by molar-refractivity contribution is 6.00. The van der Waals surface area contributed by atoms with Crippen LogP contribution in [0.4, 0.5) is 4.39 Å². The number of carbonyl (C=O) groups is 3. The Morgan fingerprint density at radius 2 is 1.86 bits per heavy atom. The van der Waals surface area contributed by atoms with Crippen molar-refractivity contribution in [2.45, 2.75) is 39.0 Å². The van der Waals surface area contributed by atoms with Gasteiger partial charge < -0.3 is 15.0 Å². The highest BCUT2D eigenvalue weighted by atomic mass is 19.1. The van der Waals surface area contributed by atoms with Gasteiger partial charge in [-0.2, -0.15) is 0 Å². The van der Waals surface area contributed by atoms with E-state index in [0.717, 1.165) is 0 Å². The van der Waals surface area contributed by atoms with E-state index in [-0.39, 0.29) is 35.0 Å². The van der Waals surface area contributed by atoms with Crippen molar-refractivity contribution < 1.29 is 23.9 Å². The fourth-order valence-corrected chi connectivity index (χ4v) is 4.53. The molecule has 2 N–H and O–H groups in total. The zero-order valence-electron chi connectivity index (χ0n) is 19.3. The number of hydrogen-bond acceptors (Lipinski definition) is 5. The van der Waals surface area contributed by atoms with E-state index in [2.05, 4.69) is 9.97 Å². The number of hydrogen-bond donors (Lipinski definition) is 2. The molecule has 0 radical (unpaired) electrons. The molecular weight excluding hydrogens is 453 g/mol. The zero-order valence-corrected chi connectivity index (χ0v) is 19.3. The minimum Gasteiger partial charge on any atom is -0.478 e. The van der Waals surface area contributed by atoms with Gasteiger partial charge in [0.25, 0.3) is 5.56 Å². The molecule has 1 aromatic heterocycles. The van der Waals surface area contributed by atoms with Crippen LogP contribution >= 0.6 is 0 Å². The number of carboxylic acid groups (broad SMARTS) is 1. The first-order chi connectivity index (χ1) is 16.7. The Morgan fingerprint density at radius 1 is 1.14 bits per heavy atom. The van der Waals surface area contributed by atoms with Gasteiger partial charge in [-0.1, -0.05) is 12.1 Å². The number of H-pyrrole nitrogens is 1. The van der Waals surface area contributed by atoms with Crippen molar-refractivity contribution in [3.8, 4) is 0 Å². The van der Waals surface area contributed by atoms with Crippen LogP contribution in [0.2, 0.25) is 0 Å². The summed E-state index contributed by atoms with van der Waals surface area (Å²) in [6, 6.07) is 8.52.